The Morgan fingerprint density at radius 3 is 2.55 bits per heavy atom. The van der Waals surface area contributed by atoms with E-state index in [2.05, 4.69) is 0 Å². The number of allylic oxidation sites excluding steroid dienone is 2. The third-order valence-corrected chi connectivity index (χ3v) is 3.46. The zero-order chi connectivity index (χ0) is 14.8. The third kappa shape index (κ3) is 6.73. The van der Waals surface area contributed by atoms with Crippen molar-refractivity contribution in [3.63, 3.8) is 0 Å². The Morgan fingerprint density at radius 1 is 1.10 bits per heavy atom. The van der Waals surface area contributed by atoms with Gasteiger partial charge in [-0.05, 0) is 51.0 Å². The molecule has 0 heterocycles. The Hall–Kier alpha value is -1.32. The molecular weight excluding hydrogens is 256 g/mol. The predicted octanol–water partition coefficient (Wildman–Crippen LogP) is 3.89. The van der Waals surface area contributed by atoms with Crippen LogP contribution in [0.3, 0.4) is 0 Å². The average molecular weight is 282 g/mol. The molecule has 0 fully saturated rings. The van der Waals surface area contributed by atoms with Gasteiger partial charge in [-0.25, -0.2) is 0 Å². The minimum absolute atomic E-state index is 0.106. The summed E-state index contributed by atoms with van der Waals surface area (Å²) in [6, 6.07) is 0. The van der Waals surface area contributed by atoms with E-state index in [4.69, 9.17) is 9.47 Å². The van der Waals surface area contributed by atoms with Crippen LogP contribution in [0.1, 0.15) is 71.6 Å². The maximum absolute atomic E-state index is 11.2. The Balaban J connectivity index is 2.26. The largest absolute Gasteiger partial charge is 0.466 e. The van der Waals surface area contributed by atoms with Gasteiger partial charge in [0.15, 0.2) is 0 Å². The average Bonchev–Trinajstić information content (AvgIpc) is 2.40. The summed E-state index contributed by atoms with van der Waals surface area (Å²) in [4.78, 5) is 22.3. The molecule has 0 saturated carbocycles. The highest BCUT2D eigenvalue weighted by atomic mass is 16.5. The summed E-state index contributed by atoms with van der Waals surface area (Å²) in [6.07, 6.45) is 8.62. The van der Waals surface area contributed by atoms with Crippen molar-refractivity contribution in [1.29, 1.82) is 0 Å². The van der Waals surface area contributed by atoms with Gasteiger partial charge in [-0.1, -0.05) is 6.42 Å². The normalized spacial score (nSPS) is 15.1. The fourth-order valence-corrected chi connectivity index (χ4v) is 2.52. The van der Waals surface area contributed by atoms with E-state index >= 15 is 0 Å². The lowest BCUT2D eigenvalue weighted by molar-refractivity contribution is -0.143. The summed E-state index contributed by atoms with van der Waals surface area (Å²) in [7, 11) is 0. The monoisotopic (exact) mass is 282 g/mol. The van der Waals surface area contributed by atoms with Crippen LogP contribution in [0.5, 0.6) is 0 Å². The zero-order valence-corrected chi connectivity index (χ0v) is 12.7. The maximum atomic E-state index is 11.2. The second-order valence-electron chi connectivity index (χ2n) is 5.19. The van der Waals surface area contributed by atoms with E-state index in [9.17, 15) is 9.59 Å². The summed E-state index contributed by atoms with van der Waals surface area (Å²) < 4.78 is 10.2. The van der Waals surface area contributed by atoms with Crippen molar-refractivity contribution >= 4 is 11.9 Å². The molecule has 0 bridgehead atoms. The molecule has 114 valence electrons. The van der Waals surface area contributed by atoms with Crippen LogP contribution in [0.15, 0.2) is 11.3 Å². The standard InChI is InChI=1S/C16H26O4/c1-3-19-16(18)12-6-4-5-9-14-10-7-8-11-15(14)20-13(2)17/h3-12H2,1-2H3. The minimum Gasteiger partial charge on any atom is -0.466 e. The Kier molecular flexibility index (Phi) is 8.00. The lowest BCUT2D eigenvalue weighted by Gasteiger charge is -2.19. The number of unbranched alkanes of at least 4 members (excludes halogenated alkanes) is 2. The molecule has 4 nitrogen and oxygen atoms in total. The number of carbonyl (C=O) groups excluding carboxylic acids is 2. The summed E-state index contributed by atoms with van der Waals surface area (Å²) in [5.74, 6) is 0.570. The zero-order valence-electron chi connectivity index (χ0n) is 12.7. The van der Waals surface area contributed by atoms with Gasteiger partial charge in [0.25, 0.3) is 0 Å². The van der Waals surface area contributed by atoms with E-state index < -0.39 is 0 Å². The summed E-state index contributed by atoms with van der Waals surface area (Å²) in [5, 5.41) is 0. The molecule has 0 aromatic rings. The number of hydrogen-bond acceptors (Lipinski definition) is 4. The van der Waals surface area contributed by atoms with Gasteiger partial charge < -0.3 is 9.47 Å². The van der Waals surface area contributed by atoms with Crippen molar-refractivity contribution in [2.24, 2.45) is 0 Å². The molecule has 0 amide bonds. The van der Waals surface area contributed by atoms with Crippen LogP contribution in [0.25, 0.3) is 0 Å². The molecule has 20 heavy (non-hydrogen) atoms. The Morgan fingerprint density at radius 2 is 1.85 bits per heavy atom. The minimum atomic E-state index is -0.221. The summed E-state index contributed by atoms with van der Waals surface area (Å²) in [6.45, 7) is 3.74. The van der Waals surface area contributed by atoms with Gasteiger partial charge >= 0.3 is 11.9 Å². The van der Waals surface area contributed by atoms with E-state index in [1.54, 1.807) is 0 Å². The van der Waals surface area contributed by atoms with Gasteiger partial charge in [-0.3, -0.25) is 9.59 Å². The second kappa shape index (κ2) is 9.56. The van der Waals surface area contributed by atoms with Crippen molar-refractivity contribution in [2.45, 2.75) is 71.6 Å². The first-order valence-corrected chi connectivity index (χ1v) is 7.68. The predicted molar refractivity (Wildman–Crippen MR) is 77.0 cm³/mol. The molecule has 1 aliphatic carbocycles. The van der Waals surface area contributed by atoms with E-state index in [1.165, 1.54) is 18.9 Å². The molecular formula is C16H26O4. The molecule has 0 unspecified atom stereocenters. The Bertz CT molecular complexity index is 357. The maximum Gasteiger partial charge on any atom is 0.307 e. The van der Waals surface area contributed by atoms with E-state index in [1.807, 2.05) is 6.92 Å². The topological polar surface area (TPSA) is 52.6 Å². The first kappa shape index (κ1) is 16.7. The number of ether oxygens (including phenoxy) is 2. The fourth-order valence-electron chi connectivity index (χ4n) is 2.52. The smallest absolute Gasteiger partial charge is 0.307 e. The number of hydrogen-bond donors (Lipinski definition) is 0. The molecule has 4 heteroatoms. The van der Waals surface area contributed by atoms with Crippen molar-refractivity contribution in [3.05, 3.63) is 11.3 Å². The van der Waals surface area contributed by atoms with Gasteiger partial charge in [0, 0.05) is 19.8 Å². The van der Waals surface area contributed by atoms with Gasteiger partial charge in [-0.15, -0.1) is 0 Å². The highest BCUT2D eigenvalue weighted by molar-refractivity contribution is 5.69. The molecule has 0 aromatic heterocycles. The first-order valence-electron chi connectivity index (χ1n) is 7.68. The Labute approximate surface area is 121 Å². The van der Waals surface area contributed by atoms with Crippen LogP contribution in [0.4, 0.5) is 0 Å². The van der Waals surface area contributed by atoms with Crippen LogP contribution in [-0.2, 0) is 19.1 Å². The highest BCUT2D eigenvalue weighted by Gasteiger charge is 2.15. The first-order chi connectivity index (χ1) is 9.63. The van der Waals surface area contributed by atoms with Gasteiger partial charge in [-0.2, -0.15) is 0 Å². The molecule has 1 rings (SSSR count). The molecule has 0 spiro atoms. The molecule has 0 radical (unpaired) electrons. The SMILES string of the molecule is CCOC(=O)CCCCCC1=C(OC(C)=O)CCCC1. The van der Waals surface area contributed by atoms with E-state index in [0.29, 0.717) is 13.0 Å². The van der Waals surface area contributed by atoms with E-state index in [0.717, 1.165) is 50.7 Å². The lowest BCUT2D eigenvalue weighted by atomic mass is 9.93. The fraction of sp³-hybridized carbons (Fsp3) is 0.750. The van der Waals surface area contributed by atoms with Crippen LogP contribution in [0, 0.1) is 0 Å². The van der Waals surface area contributed by atoms with Crippen molar-refractivity contribution in [1.82, 2.24) is 0 Å². The van der Waals surface area contributed by atoms with Gasteiger partial charge in [0.05, 0.1) is 6.61 Å². The van der Waals surface area contributed by atoms with Crippen LogP contribution in [-0.4, -0.2) is 18.5 Å². The van der Waals surface area contributed by atoms with Crippen molar-refractivity contribution < 1.29 is 19.1 Å². The lowest BCUT2D eigenvalue weighted by Crippen LogP contribution is -2.07. The molecule has 1 aliphatic rings. The number of carbonyl (C=O) groups is 2. The molecule has 0 saturated heterocycles. The third-order valence-electron chi connectivity index (χ3n) is 3.46. The van der Waals surface area contributed by atoms with Gasteiger partial charge in [0.2, 0.25) is 0 Å². The molecule has 0 atom stereocenters. The van der Waals surface area contributed by atoms with Gasteiger partial charge in [0.1, 0.15) is 5.76 Å². The van der Waals surface area contributed by atoms with Crippen LogP contribution >= 0.6 is 0 Å². The van der Waals surface area contributed by atoms with Crippen molar-refractivity contribution in [3.8, 4) is 0 Å². The summed E-state index contributed by atoms with van der Waals surface area (Å²) in [5.41, 5.74) is 1.29. The highest BCUT2D eigenvalue weighted by Crippen LogP contribution is 2.29. The van der Waals surface area contributed by atoms with Crippen molar-refractivity contribution in [2.75, 3.05) is 6.61 Å². The number of esters is 2. The quantitative estimate of drug-likeness (QED) is 0.500. The molecule has 0 aromatic carbocycles. The molecule has 0 N–H and O–H groups in total. The number of rotatable bonds is 8. The molecule has 0 aliphatic heterocycles. The summed E-state index contributed by atoms with van der Waals surface area (Å²) >= 11 is 0. The second-order valence-corrected chi connectivity index (χ2v) is 5.19. The van der Waals surface area contributed by atoms with E-state index in [-0.39, 0.29) is 11.9 Å². The van der Waals surface area contributed by atoms with Crippen LogP contribution in [0.2, 0.25) is 0 Å². The van der Waals surface area contributed by atoms with Crippen LogP contribution < -0.4 is 0 Å².